The summed E-state index contributed by atoms with van der Waals surface area (Å²) < 4.78 is 1.36. The Balaban J connectivity index is 1.89. The molecule has 0 aromatic carbocycles. The molecule has 2 aliphatic heterocycles. The molecule has 102 valence electrons. The molecular weight excluding hydrogens is 218 g/mol. The topological polar surface area (TPSA) is 0 Å². The van der Waals surface area contributed by atoms with Gasteiger partial charge in [-0.3, -0.25) is 0 Å². The average Bonchev–Trinajstić information content (AvgIpc) is 2.81. The number of nitrogens with zero attached hydrogens (tertiary/aromatic N) is 1. The third kappa shape index (κ3) is 1.70. The smallest absolute Gasteiger partial charge is 0.118 e. The highest BCUT2D eigenvalue weighted by molar-refractivity contribution is 5.30. The van der Waals surface area contributed by atoms with E-state index in [1.165, 1.54) is 68.9 Å². The molecule has 3 rings (SSSR count). The molecule has 1 nitrogen and oxygen atoms in total. The Morgan fingerprint density at radius 3 is 2.89 bits per heavy atom. The van der Waals surface area contributed by atoms with Gasteiger partial charge in [-0.25, -0.2) is 0 Å². The van der Waals surface area contributed by atoms with E-state index in [9.17, 15) is 0 Å². The first-order valence-electron chi connectivity index (χ1n) is 8.15. The molecule has 0 amide bonds. The van der Waals surface area contributed by atoms with Crippen molar-refractivity contribution < 1.29 is 4.48 Å². The van der Waals surface area contributed by atoms with Crippen molar-refractivity contribution in [3.8, 4) is 0 Å². The van der Waals surface area contributed by atoms with Gasteiger partial charge < -0.3 is 4.48 Å². The normalized spacial score (nSPS) is 43.8. The fourth-order valence-corrected chi connectivity index (χ4v) is 5.19. The second-order valence-electron chi connectivity index (χ2n) is 7.45. The molecule has 0 aromatic heterocycles. The lowest BCUT2D eigenvalue weighted by molar-refractivity contribution is -0.961. The van der Waals surface area contributed by atoms with Crippen LogP contribution in [0.15, 0.2) is 11.1 Å². The molecule has 0 saturated carbocycles. The van der Waals surface area contributed by atoms with Gasteiger partial charge in [0.05, 0.1) is 20.1 Å². The quantitative estimate of drug-likeness (QED) is 0.505. The Labute approximate surface area is 113 Å². The summed E-state index contributed by atoms with van der Waals surface area (Å²) in [5.74, 6) is 0.997. The molecule has 0 radical (unpaired) electrons. The molecule has 3 atom stereocenters. The zero-order valence-electron chi connectivity index (χ0n) is 12.6. The van der Waals surface area contributed by atoms with Gasteiger partial charge in [0.15, 0.2) is 0 Å². The van der Waals surface area contributed by atoms with Crippen LogP contribution in [-0.2, 0) is 0 Å². The summed E-state index contributed by atoms with van der Waals surface area (Å²) in [5.41, 5.74) is 4.27. The lowest BCUT2D eigenvalue weighted by Crippen LogP contribution is -2.67. The maximum Gasteiger partial charge on any atom is 0.118 e. The highest BCUT2D eigenvalue weighted by Crippen LogP contribution is 2.51. The molecule has 3 aliphatic rings. The molecule has 0 unspecified atom stereocenters. The molecule has 1 aliphatic carbocycles. The predicted molar refractivity (Wildman–Crippen MR) is 77.4 cm³/mol. The van der Waals surface area contributed by atoms with E-state index in [0.29, 0.717) is 5.54 Å². The number of quaternary nitrogens is 1. The number of hydrogen-bond acceptors (Lipinski definition) is 0. The van der Waals surface area contributed by atoms with E-state index in [1.54, 1.807) is 0 Å². The Bertz CT molecular complexity index is 370. The monoisotopic (exact) mass is 248 g/mol. The van der Waals surface area contributed by atoms with Gasteiger partial charge in [0.25, 0.3) is 0 Å². The van der Waals surface area contributed by atoms with Crippen molar-refractivity contribution in [2.75, 3.05) is 20.1 Å². The maximum atomic E-state index is 2.59. The van der Waals surface area contributed by atoms with E-state index in [0.717, 1.165) is 5.92 Å². The lowest BCUT2D eigenvalue weighted by atomic mass is 9.71. The van der Waals surface area contributed by atoms with E-state index >= 15 is 0 Å². The van der Waals surface area contributed by atoms with Crippen LogP contribution < -0.4 is 0 Å². The number of likely N-dealkylation sites (N-methyl/N-ethyl adjacent to an activating group) is 1. The number of piperidine rings is 1. The molecule has 1 heteroatoms. The molecule has 1 saturated heterocycles. The van der Waals surface area contributed by atoms with E-state index < -0.39 is 0 Å². The van der Waals surface area contributed by atoms with Crippen molar-refractivity contribution in [2.24, 2.45) is 5.92 Å². The molecule has 0 bridgehead atoms. The summed E-state index contributed by atoms with van der Waals surface area (Å²) in [6.45, 7) is 7.80. The van der Waals surface area contributed by atoms with Gasteiger partial charge in [-0.2, -0.15) is 0 Å². The third-order valence-electron chi connectivity index (χ3n) is 6.48. The number of rotatable bonds is 2. The maximum absolute atomic E-state index is 2.59. The van der Waals surface area contributed by atoms with Crippen LogP contribution in [-0.4, -0.2) is 30.2 Å². The predicted octanol–water partition coefficient (Wildman–Crippen LogP) is 4.29. The van der Waals surface area contributed by atoms with Crippen molar-refractivity contribution in [1.29, 1.82) is 0 Å². The zero-order valence-corrected chi connectivity index (χ0v) is 12.6. The number of hydrogen-bond donors (Lipinski definition) is 0. The first-order chi connectivity index (χ1) is 8.59. The summed E-state index contributed by atoms with van der Waals surface area (Å²) in [6, 6.07) is 0. The zero-order chi connectivity index (χ0) is 12.8. The lowest BCUT2D eigenvalue weighted by Gasteiger charge is -2.57. The van der Waals surface area contributed by atoms with Crippen LogP contribution in [0.25, 0.3) is 0 Å². The average molecular weight is 248 g/mol. The Morgan fingerprint density at radius 2 is 2.11 bits per heavy atom. The first-order valence-corrected chi connectivity index (χ1v) is 8.15. The molecule has 18 heavy (non-hydrogen) atoms. The summed E-state index contributed by atoms with van der Waals surface area (Å²) in [4.78, 5) is 0. The Morgan fingerprint density at radius 1 is 1.28 bits per heavy atom. The van der Waals surface area contributed by atoms with Gasteiger partial charge in [0.1, 0.15) is 5.54 Å². The molecule has 1 fully saturated rings. The van der Waals surface area contributed by atoms with Crippen LogP contribution in [0, 0.1) is 5.92 Å². The fourth-order valence-electron chi connectivity index (χ4n) is 5.19. The minimum absolute atomic E-state index is 0.508. The second kappa shape index (κ2) is 4.37. The third-order valence-corrected chi connectivity index (χ3v) is 6.48. The van der Waals surface area contributed by atoms with Gasteiger partial charge in [-0.1, -0.05) is 18.9 Å². The minimum atomic E-state index is 0.508. The molecule has 2 heterocycles. The molecular formula is C17H30N+. The fraction of sp³-hybridized carbons (Fsp3) is 0.882. The highest BCUT2D eigenvalue weighted by Gasteiger charge is 2.54. The van der Waals surface area contributed by atoms with Crippen LogP contribution >= 0.6 is 0 Å². The van der Waals surface area contributed by atoms with Crippen molar-refractivity contribution in [3.05, 3.63) is 11.1 Å². The first kappa shape index (κ1) is 12.7. The minimum Gasteiger partial charge on any atom is -0.317 e. The van der Waals surface area contributed by atoms with Crippen LogP contribution in [0.3, 0.4) is 0 Å². The Hall–Kier alpha value is -0.300. The van der Waals surface area contributed by atoms with Crippen molar-refractivity contribution in [2.45, 2.75) is 70.8 Å². The van der Waals surface area contributed by atoms with Gasteiger partial charge >= 0.3 is 0 Å². The van der Waals surface area contributed by atoms with Gasteiger partial charge in [0.2, 0.25) is 0 Å². The summed E-state index contributed by atoms with van der Waals surface area (Å²) in [7, 11) is 2.56. The SMILES string of the molecule is CCC[C@H]1CC[C@]2(C)C3=C(CCC3)CC[N@@+]2(C)C1. The van der Waals surface area contributed by atoms with Gasteiger partial charge in [-0.15, -0.1) is 0 Å². The largest absolute Gasteiger partial charge is 0.317 e. The number of fused-ring (bicyclic) bond motifs is 2. The Kier molecular flexibility index (Phi) is 3.09. The second-order valence-corrected chi connectivity index (χ2v) is 7.45. The van der Waals surface area contributed by atoms with Crippen molar-refractivity contribution >= 4 is 0 Å². The highest BCUT2D eigenvalue weighted by atomic mass is 15.4. The van der Waals surface area contributed by atoms with E-state index in [-0.39, 0.29) is 0 Å². The molecule has 0 spiro atoms. The summed E-state index contributed by atoms with van der Waals surface area (Å²) >= 11 is 0. The standard InChI is InChI=1S/C17H30N/c1-4-6-14-9-11-17(2)16-8-5-7-15(16)10-12-18(17,3)13-14/h14H,4-13H2,1-3H3/q+1/t14-,17+,18-/m0/s1. The van der Waals surface area contributed by atoms with Crippen LogP contribution in [0.5, 0.6) is 0 Å². The molecule has 0 aromatic rings. The van der Waals surface area contributed by atoms with E-state index in [1.807, 2.05) is 11.1 Å². The van der Waals surface area contributed by atoms with Crippen LogP contribution in [0.1, 0.15) is 65.2 Å². The summed E-state index contributed by atoms with van der Waals surface area (Å²) in [6.07, 6.45) is 11.4. The van der Waals surface area contributed by atoms with Crippen LogP contribution in [0.4, 0.5) is 0 Å². The summed E-state index contributed by atoms with van der Waals surface area (Å²) in [5, 5.41) is 0. The molecule has 0 N–H and O–H groups in total. The van der Waals surface area contributed by atoms with Gasteiger partial charge in [-0.05, 0) is 44.6 Å². The van der Waals surface area contributed by atoms with E-state index in [4.69, 9.17) is 0 Å². The van der Waals surface area contributed by atoms with Crippen molar-refractivity contribution in [1.82, 2.24) is 0 Å². The van der Waals surface area contributed by atoms with Crippen molar-refractivity contribution in [3.63, 3.8) is 0 Å². The van der Waals surface area contributed by atoms with Gasteiger partial charge in [0, 0.05) is 18.8 Å². The van der Waals surface area contributed by atoms with Crippen LogP contribution in [0.2, 0.25) is 0 Å². The van der Waals surface area contributed by atoms with E-state index in [2.05, 4.69) is 20.9 Å².